The Hall–Kier alpha value is -2.89. The molecule has 4 rings (SSSR count). The molecular formula is C22H25N3O7S. The molecule has 11 heteroatoms. The van der Waals surface area contributed by atoms with E-state index in [9.17, 15) is 29.4 Å². The van der Waals surface area contributed by atoms with Gasteiger partial charge in [-0.1, -0.05) is 13.0 Å². The van der Waals surface area contributed by atoms with E-state index in [-0.39, 0.29) is 40.3 Å². The van der Waals surface area contributed by atoms with Gasteiger partial charge in [0.15, 0.2) is 0 Å². The van der Waals surface area contributed by atoms with Gasteiger partial charge >= 0.3 is 11.9 Å². The molecule has 1 aromatic carbocycles. The van der Waals surface area contributed by atoms with Crippen LogP contribution in [0.5, 0.6) is 0 Å². The van der Waals surface area contributed by atoms with Gasteiger partial charge in [-0.3, -0.25) is 9.59 Å². The van der Waals surface area contributed by atoms with Gasteiger partial charge in [0.05, 0.1) is 29.7 Å². The first-order valence-corrected chi connectivity index (χ1v) is 11.5. The van der Waals surface area contributed by atoms with Crippen LogP contribution in [0.4, 0.5) is 5.69 Å². The minimum Gasteiger partial charge on any atom is -0.478 e. The van der Waals surface area contributed by atoms with E-state index in [0.717, 1.165) is 0 Å². The first-order valence-electron chi connectivity index (χ1n) is 10.6. The minimum atomic E-state index is -1.18. The lowest BCUT2D eigenvalue weighted by Crippen LogP contribution is -2.63. The number of thioether (sulfide) groups is 1. The highest BCUT2D eigenvalue weighted by atomic mass is 32.2. The highest BCUT2D eigenvalue weighted by molar-refractivity contribution is 8.03. The van der Waals surface area contributed by atoms with E-state index in [0.29, 0.717) is 23.6 Å². The summed E-state index contributed by atoms with van der Waals surface area (Å²) < 4.78 is 0. The molecule has 2 saturated heterocycles. The molecule has 0 spiro atoms. The number of amides is 2. The second kappa shape index (κ2) is 8.81. The average Bonchev–Trinajstić information content (AvgIpc) is 3.30. The van der Waals surface area contributed by atoms with Gasteiger partial charge in [0.2, 0.25) is 11.8 Å². The molecule has 0 radical (unpaired) electrons. The van der Waals surface area contributed by atoms with E-state index in [2.05, 4.69) is 10.6 Å². The molecule has 0 saturated carbocycles. The Morgan fingerprint density at radius 3 is 2.61 bits per heavy atom. The summed E-state index contributed by atoms with van der Waals surface area (Å²) in [7, 11) is 0. The number of anilines is 1. The summed E-state index contributed by atoms with van der Waals surface area (Å²) in [6.07, 6.45) is -0.419. The second-order valence-electron chi connectivity index (χ2n) is 8.58. The van der Waals surface area contributed by atoms with Crippen LogP contribution in [0.3, 0.4) is 0 Å². The number of rotatable bonds is 7. The molecule has 6 atom stereocenters. The average molecular weight is 476 g/mol. The Morgan fingerprint density at radius 2 is 1.97 bits per heavy atom. The fraction of sp³-hybridized carbons (Fsp3) is 0.455. The van der Waals surface area contributed by atoms with Gasteiger partial charge in [0.25, 0.3) is 0 Å². The lowest BCUT2D eigenvalue weighted by molar-refractivity contribution is -0.163. The number of carbonyl (C=O) groups is 4. The molecule has 5 N–H and O–H groups in total. The summed E-state index contributed by atoms with van der Waals surface area (Å²) >= 11 is 1.36. The number of hydrogen-bond acceptors (Lipinski definition) is 7. The van der Waals surface area contributed by atoms with Gasteiger partial charge in [0.1, 0.15) is 5.70 Å². The zero-order chi connectivity index (χ0) is 24.0. The van der Waals surface area contributed by atoms with Crippen molar-refractivity contribution in [2.45, 2.75) is 43.7 Å². The van der Waals surface area contributed by atoms with Crippen LogP contribution in [0.15, 0.2) is 34.9 Å². The Kier molecular flexibility index (Phi) is 6.21. The van der Waals surface area contributed by atoms with Crippen LogP contribution in [0.2, 0.25) is 0 Å². The zero-order valence-electron chi connectivity index (χ0n) is 18.0. The summed E-state index contributed by atoms with van der Waals surface area (Å²) in [6, 6.07) is 5.07. The maximum absolute atomic E-state index is 12.7. The summed E-state index contributed by atoms with van der Waals surface area (Å²) in [5.41, 5.74) is 0.418. The molecule has 10 nitrogen and oxygen atoms in total. The van der Waals surface area contributed by atoms with Crippen molar-refractivity contribution >= 4 is 41.2 Å². The number of nitrogens with zero attached hydrogens (tertiary/aromatic N) is 1. The summed E-state index contributed by atoms with van der Waals surface area (Å²) in [5.74, 6) is -3.79. The van der Waals surface area contributed by atoms with E-state index < -0.39 is 30.0 Å². The van der Waals surface area contributed by atoms with Crippen molar-refractivity contribution in [1.29, 1.82) is 0 Å². The van der Waals surface area contributed by atoms with Crippen LogP contribution in [0.1, 0.15) is 30.6 Å². The Bertz CT molecular complexity index is 1060. The predicted octanol–water partition coefficient (Wildman–Crippen LogP) is 0.941. The molecule has 0 aliphatic carbocycles. The molecule has 3 heterocycles. The quantitative estimate of drug-likeness (QED) is 0.362. The fourth-order valence-corrected chi connectivity index (χ4v) is 6.29. The lowest BCUT2D eigenvalue weighted by atomic mass is 9.79. The van der Waals surface area contributed by atoms with E-state index in [1.807, 2.05) is 6.92 Å². The Labute approximate surface area is 194 Å². The normalized spacial score (nSPS) is 29.5. The molecule has 2 amide bonds. The number of nitrogens with one attached hydrogen (secondary N) is 2. The van der Waals surface area contributed by atoms with Crippen LogP contribution < -0.4 is 10.6 Å². The van der Waals surface area contributed by atoms with Crippen LogP contribution in [0.25, 0.3) is 0 Å². The lowest BCUT2D eigenvalue weighted by Gasteiger charge is -2.46. The standard InChI is InChI=1S/C22H25N3O7S/c1-9-16-15(10(2)26)20(28)25(16)17(22(31)32)18(9)33-13-7-14(23-8-13)19(27)24-12-5-3-4-11(6-12)21(29)30/h3-6,9-10,13-16,23,26H,7-8H2,1-2H3,(H,24,27)(H,29,30)(H,31,32)/t9-,10-,13-,14-,15+,16-/m1/s1. The van der Waals surface area contributed by atoms with Crippen molar-refractivity contribution in [3.05, 3.63) is 40.4 Å². The predicted molar refractivity (Wildman–Crippen MR) is 119 cm³/mol. The number of fused-ring (bicyclic) bond motifs is 1. The molecule has 33 heavy (non-hydrogen) atoms. The van der Waals surface area contributed by atoms with Crippen LogP contribution in [-0.2, 0) is 14.4 Å². The smallest absolute Gasteiger partial charge is 0.353 e. The highest BCUT2D eigenvalue weighted by Crippen LogP contribution is 2.51. The molecule has 0 bridgehead atoms. The third-order valence-electron chi connectivity index (χ3n) is 6.39. The third kappa shape index (κ3) is 4.11. The molecule has 3 aliphatic rings. The van der Waals surface area contributed by atoms with Gasteiger partial charge < -0.3 is 30.9 Å². The van der Waals surface area contributed by atoms with Gasteiger partial charge in [-0.2, -0.15) is 0 Å². The fourth-order valence-electron chi connectivity index (χ4n) is 4.81. The van der Waals surface area contributed by atoms with Crippen molar-refractivity contribution in [1.82, 2.24) is 10.2 Å². The summed E-state index contributed by atoms with van der Waals surface area (Å²) in [5, 5.41) is 34.6. The molecule has 1 aromatic rings. The molecule has 176 valence electrons. The second-order valence-corrected chi connectivity index (χ2v) is 9.93. The molecule has 3 aliphatic heterocycles. The molecule has 2 fully saturated rings. The number of β-lactam (4-membered cyclic amide) rings is 1. The maximum Gasteiger partial charge on any atom is 0.353 e. The molecule has 0 unspecified atom stereocenters. The van der Waals surface area contributed by atoms with Crippen LogP contribution in [0, 0.1) is 11.8 Å². The number of aliphatic hydroxyl groups excluding tert-OH is 1. The van der Waals surface area contributed by atoms with Crippen molar-refractivity contribution < 1.29 is 34.5 Å². The maximum atomic E-state index is 12.7. The topological polar surface area (TPSA) is 156 Å². The molecule has 0 aromatic heterocycles. The van der Waals surface area contributed by atoms with E-state index in [1.54, 1.807) is 12.1 Å². The number of carboxylic acids is 2. The highest BCUT2D eigenvalue weighted by Gasteiger charge is 2.60. The summed E-state index contributed by atoms with van der Waals surface area (Å²) in [6.45, 7) is 3.87. The van der Waals surface area contributed by atoms with Crippen molar-refractivity contribution in [3.63, 3.8) is 0 Å². The number of aliphatic hydroxyl groups is 1. The number of carboxylic acid groups (broad SMARTS) is 2. The monoisotopic (exact) mass is 475 g/mol. The zero-order valence-corrected chi connectivity index (χ0v) is 18.8. The van der Waals surface area contributed by atoms with Gasteiger partial charge in [-0.05, 0) is 31.5 Å². The SMILES string of the molecule is C[C@@H](O)[C@@H]1C(=O)N2C(C(=O)O)=C(S[C@H]3CN[C@@H](C(=O)Nc4cccc(C(=O)O)c4)C3)[C@H](C)[C@H]12. The van der Waals surface area contributed by atoms with Crippen LogP contribution >= 0.6 is 11.8 Å². The molecular weight excluding hydrogens is 450 g/mol. The largest absolute Gasteiger partial charge is 0.478 e. The number of benzene rings is 1. The van der Waals surface area contributed by atoms with Crippen molar-refractivity contribution in [2.75, 3.05) is 11.9 Å². The Morgan fingerprint density at radius 1 is 1.24 bits per heavy atom. The van der Waals surface area contributed by atoms with E-state index in [4.69, 9.17) is 5.11 Å². The third-order valence-corrected chi connectivity index (χ3v) is 7.90. The van der Waals surface area contributed by atoms with Crippen LogP contribution in [-0.4, -0.2) is 74.0 Å². The van der Waals surface area contributed by atoms with E-state index >= 15 is 0 Å². The first-order chi connectivity index (χ1) is 15.6. The van der Waals surface area contributed by atoms with Crippen molar-refractivity contribution in [3.8, 4) is 0 Å². The van der Waals surface area contributed by atoms with Gasteiger partial charge in [-0.15, -0.1) is 11.8 Å². The Balaban J connectivity index is 1.43. The van der Waals surface area contributed by atoms with E-state index in [1.165, 1.54) is 35.7 Å². The number of carbonyl (C=O) groups excluding carboxylic acids is 2. The number of aliphatic carboxylic acids is 1. The number of hydrogen-bond donors (Lipinski definition) is 5. The van der Waals surface area contributed by atoms with Crippen molar-refractivity contribution in [2.24, 2.45) is 11.8 Å². The van der Waals surface area contributed by atoms with Gasteiger partial charge in [-0.25, -0.2) is 9.59 Å². The number of aromatic carboxylic acids is 1. The summed E-state index contributed by atoms with van der Waals surface area (Å²) in [4.78, 5) is 50.1. The van der Waals surface area contributed by atoms with Gasteiger partial charge in [0, 0.05) is 28.3 Å². The minimum absolute atomic E-state index is 0.0298. The first kappa shape index (κ1) is 23.3.